The zero-order chi connectivity index (χ0) is 21.4. The van der Waals surface area contributed by atoms with E-state index < -0.39 is 17.6 Å². The average molecular weight is 399 g/mol. The monoisotopic (exact) mass is 399 g/mol. The van der Waals surface area contributed by atoms with Gasteiger partial charge in [-0.2, -0.15) is 0 Å². The van der Waals surface area contributed by atoms with Gasteiger partial charge in [-0.15, -0.1) is 0 Å². The first-order valence-corrected chi connectivity index (χ1v) is 8.98. The molecule has 0 aliphatic carbocycles. The predicted octanol–water partition coefficient (Wildman–Crippen LogP) is 3.41. The summed E-state index contributed by atoms with van der Waals surface area (Å²) in [6, 6.07) is 13.4. The normalized spacial score (nSPS) is 10.6. The van der Waals surface area contributed by atoms with Crippen molar-refractivity contribution in [2.75, 3.05) is 24.3 Å². The highest BCUT2D eigenvalue weighted by atomic mass is 16.6. The Morgan fingerprint density at radius 1 is 0.931 bits per heavy atom. The lowest BCUT2D eigenvalue weighted by Crippen LogP contribution is -2.37. The number of anilines is 2. The third kappa shape index (κ3) is 7.53. The molecule has 0 fully saturated rings. The second-order valence-electron chi connectivity index (χ2n) is 7.17. The molecule has 0 aliphatic rings. The molecular weight excluding hydrogens is 374 g/mol. The molecule has 2 aromatic rings. The van der Waals surface area contributed by atoms with Gasteiger partial charge >= 0.3 is 6.09 Å². The molecular formula is C21H25N3O5. The van der Waals surface area contributed by atoms with Gasteiger partial charge in [0.05, 0.1) is 7.11 Å². The van der Waals surface area contributed by atoms with Gasteiger partial charge in [0.15, 0.2) is 0 Å². The van der Waals surface area contributed by atoms with Gasteiger partial charge in [-0.3, -0.25) is 9.59 Å². The largest absolute Gasteiger partial charge is 0.497 e. The Bertz CT molecular complexity index is 873. The van der Waals surface area contributed by atoms with Crippen LogP contribution in [0.1, 0.15) is 31.1 Å². The van der Waals surface area contributed by atoms with E-state index in [1.807, 2.05) is 0 Å². The van der Waals surface area contributed by atoms with Crippen LogP contribution >= 0.6 is 0 Å². The van der Waals surface area contributed by atoms with E-state index in [2.05, 4.69) is 16.0 Å². The fraction of sp³-hybridized carbons (Fsp3) is 0.286. The maximum atomic E-state index is 12.3. The summed E-state index contributed by atoms with van der Waals surface area (Å²) in [6.45, 7) is 4.96. The van der Waals surface area contributed by atoms with Crippen molar-refractivity contribution in [1.29, 1.82) is 0 Å². The van der Waals surface area contributed by atoms with Gasteiger partial charge in [0, 0.05) is 16.9 Å². The highest BCUT2D eigenvalue weighted by Crippen LogP contribution is 2.17. The van der Waals surface area contributed by atoms with Crippen molar-refractivity contribution in [2.45, 2.75) is 26.4 Å². The molecule has 0 bridgehead atoms. The van der Waals surface area contributed by atoms with Crippen LogP contribution < -0.4 is 20.7 Å². The zero-order valence-corrected chi connectivity index (χ0v) is 16.9. The molecule has 2 aromatic carbocycles. The number of methoxy groups -OCH3 is 1. The second kappa shape index (κ2) is 9.59. The fourth-order valence-corrected chi connectivity index (χ4v) is 2.29. The highest BCUT2D eigenvalue weighted by molar-refractivity contribution is 6.04. The number of carbonyl (C=O) groups is 3. The number of nitrogens with one attached hydrogen (secondary N) is 3. The Morgan fingerprint density at radius 2 is 1.55 bits per heavy atom. The van der Waals surface area contributed by atoms with Crippen LogP contribution in [-0.4, -0.2) is 37.2 Å². The third-order valence-electron chi connectivity index (χ3n) is 3.55. The molecule has 3 N–H and O–H groups in total. The van der Waals surface area contributed by atoms with Crippen LogP contribution in [-0.2, 0) is 9.53 Å². The first kappa shape index (κ1) is 21.7. The molecule has 0 heterocycles. The maximum Gasteiger partial charge on any atom is 0.408 e. The summed E-state index contributed by atoms with van der Waals surface area (Å²) in [6.07, 6.45) is -0.673. The lowest BCUT2D eigenvalue weighted by Gasteiger charge is -2.19. The minimum atomic E-state index is -0.673. The van der Waals surface area contributed by atoms with E-state index in [0.29, 0.717) is 22.7 Å². The average Bonchev–Trinajstić information content (AvgIpc) is 2.65. The topological polar surface area (TPSA) is 106 Å². The standard InChI is InChI=1S/C21H25N3O5/c1-21(2,3)29-20(27)22-13-18(25)23-15-6-5-7-16(12-15)24-19(26)14-8-10-17(28-4)11-9-14/h5-12H,13H2,1-4H3,(H,22,27)(H,23,25)(H,24,26). The van der Waals surface area contributed by atoms with E-state index in [4.69, 9.17) is 9.47 Å². The molecule has 0 aliphatic heterocycles. The maximum absolute atomic E-state index is 12.3. The summed E-state index contributed by atoms with van der Waals surface area (Å²) in [4.78, 5) is 36.0. The lowest BCUT2D eigenvalue weighted by atomic mass is 10.2. The van der Waals surface area contributed by atoms with Crippen molar-refractivity contribution in [3.63, 3.8) is 0 Å². The van der Waals surface area contributed by atoms with Gasteiger partial charge in [0.2, 0.25) is 5.91 Å². The number of hydrogen-bond donors (Lipinski definition) is 3. The van der Waals surface area contributed by atoms with Gasteiger partial charge in [-0.1, -0.05) is 6.07 Å². The van der Waals surface area contributed by atoms with Crippen molar-refractivity contribution in [3.05, 3.63) is 54.1 Å². The van der Waals surface area contributed by atoms with Crippen molar-refractivity contribution in [2.24, 2.45) is 0 Å². The summed E-state index contributed by atoms with van der Waals surface area (Å²) in [5.74, 6) is -0.0523. The van der Waals surface area contributed by atoms with Crippen LogP contribution in [0, 0.1) is 0 Å². The summed E-state index contributed by atoms with van der Waals surface area (Å²) in [7, 11) is 1.55. The molecule has 29 heavy (non-hydrogen) atoms. The number of alkyl carbamates (subject to hydrolysis) is 1. The van der Waals surface area contributed by atoms with E-state index in [-0.39, 0.29) is 12.5 Å². The van der Waals surface area contributed by atoms with Crippen LogP contribution in [0.25, 0.3) is 0 Å². The molecule has 0 spiro atoms. The molecule has 0 atom stereocenters. The van der Waals surface area contributed by atoms with Crippen LogP contribution in [0.2, 0.25) is 0 Å². The van der Waals surface area contributed by atoms with Gasteiger partial charge in [0.1, 0.15) is 17.9 Å². The first-order valence-electron chi connectivity index (χ1n) is 8.98. The number of ether oxygens (including phenoxy) is 2. The van der Waals surface area contributed by atoms with E-state index >= 15 is 0 Å². The molecule has 0 unspecified atom stereocenters. The van der Waals surface area contributed by atoms with Crippen molar-refractivity contribution in [1.82, 2.24) is 5.32 Å². The van der Waals surface area contributed by atoms with Crippen LogP contribution in [0.5, 0.6) is 5.75 Å². The molecule has 0 radical (unpaired) electrons. The summed E-state index contributed by atoms with van der Waals surface area (Å²) in [5.41, 5.74) is 0.829. The molecule has 8 heteroatoms. The van der Waals surface area contributed by atoms with Gasteiger partial charge in [0.25, 0.3) is 5.91 Å². The first-order chi connectivity index (χ1) is 13.7. The van der Waals surface area contributed by atoms with Crippen LogP contribution in [0.15, 0.2) is 48.5 Å². The third-order valence-corrected chi connectivity index (χ3v) is 3.55. The van der Waals surface area contributed by atoms with Gasteiger partial charge < -0.3 is 25.4 Å². The zero-order valence-electron chi connectivity index (χ0n) is 16.9. The Hall–Kier alpha value is -3.55. The molecule has 2 rings (SSSR count). The summed E-state index contributed by atoms with van der Waals surface area (Å²) < 4.78 is 10.1. The lowest BCUT2D eigenvalue weighted by molar-refractivity contribution is -0.115. The summed E-state index contributed by atoms with van der Waals surface area (Å²) in [5, 5.41) is 7.80. The highest BCUT2D eigenvalue weighted by Gasteiger charge is 2.16. The fourth-order valence-electron chi connectivity index (χ4n) is 2.29. The summed E-state index contributed by atoms with van der Waals surface area (Å²) >= 11 is 0. The van der Waals surface area contributed by atoms with Crippen LogP contribution in [0.4, 0.5) is 16.2 Å². The van der Waals surface area contributed by atoms with E-state index in [9.17, 15) is 14.4 Å². The van der Waals surface area contributed by atoms with Crippen LogP contribution in [0.3, 0.4) is 0 Å². The van der Waals surface area contributed by atoms with Gasteiger partial charge in [-0.25, -0.2) is 4.79 Å². The molecule has 0 saturated carbocycles. The predicted molar refractivity (Wildman–Crippen MR) is 110 cm³/mol. The van der Waals surface area contributed by atoms with E-state index in [1.165, 1.54) is 0 Å². The van der Waals surface area contributed by atoms with E-state index in [0.717, 1.165) is 0 Å². The molecule has 3 amide bonds. The number of amides is 3. The molecule has 0 aromatic heterocycles. The van der Waals surface area contributed by atoms with Crippen molar-refractivity contribution >= 4 is 29.3 Å². The Morgan fingerprint density at radius 3 is 2.14 bits per heavy atom. The van der Waals surface area contributed by atoms with Crippen molar-refractivity contribution < 1.29 is 23.9 Å². The van der Waals surface area contributed by atoms with E-state index in [1.54, 1.807) is 76.4 Å². The number of carbonyl (C=O) groups excluding carboxylic acids is 3. The molecule has 154 valence electrons. The number of benzene rings is 2. The Balaban J connectivity index is 1.90. The second-order valence-corrected chi connectivity index (χ2v) is 7.17. The molecule has 0 saturated heterocycles. The minimum Gasteiger partial charge on any atom is -0.497 e. The SMILES string of the molecule is COc1ccc(C(=O)Nc2cccc(NC(=O)CNC(=O)OC(C)(C)C)c2)cc1. The molecule has 8 nitrogen and oxygen atoms in total. The van der Waals surface area contributed by atoms with Gasteiger partial charge in [-0.05, 0) is 63.2 Å². The van der Waals surface area contributed by atoms with Crippen molar-refractivity contribution in [3.8, 4) is 5.75 Å². The smallest absolute Gasteiger partial charge is 0.408 e. The number of rotatable bonds is 6. The quantitative estimate of drug-likeness (QED) is 0.690. The number of hydrogen-bond acceptors (Lipinski definition) is 5. The Kier molecular flexibility index (Phi) is 7.19. The minimum absolute atomic E-state index is 0.239. The Labute approximate surface area is 169 Å².